The molecule has 0 fully saturated rings. The Hall–Kier alpha value is -2.06. The van der Waals surface area contributed by atoms with Crippen molar-refractivity contribution in [2.24, 2.45) is 5.11 Å². The van der Waals surface area contributed by atoms with Gasteiger partial charge in [0.25, 0.3) is 0 Å². The summed E-state index contributed by atoms with van der Waals surface area (Å²) in [5.41, 5.74) is 10.0. The maximum Gasteiger partial charge on any atom is 0.128 e. The quantitative estimate of drug-likeness (QED) is 0.368. The molecular weight excluding hydrogens is 164 g/mol. The minimum Gasteiger partial charge on any atom is -0.246 e. The molecule has 0 saturated carbocycles. The molecule has 2 aliphatic rings. The van der Waals surface area contributed by atoms with Crippen LogP contribution in [0.15, 0.2) is 41.5 Å². The van der Waals surface area contributed by atoms with Gasteiger partial charge in [0.05, 0.1) is 5.69 Å². The van der Waals surface area contributed by atoms with Crippen molar-refractivity contribution in [2.75, 3.05) is 0 Å². The first-order valence-corrected chi connectivity index (χ1v) is 3.81. The van der Waals surface area contributed by atoms with Gasteiger partial charge in [0.15, 0.2) is 0 Å². The maximum absolute atomic E-state index is 8.21. The number of azide groups is 1. The maximum atomic E-state index is 8.21. The molecule has 0 unspecified atom stereocenters. The summed E-state index contributed by atoms with van der Waals surface area (Å²) in [6, 6.07) is 11.3. The van der Waals surface area contributed by atoms with Crippen molar-refractivity contribution >= 4 is 5.82 Å². The summed E-state index contributed by atoms with van der Waals surface area (Å²) in [5.74, 6) is 0.420. The number of aromatic nitrogens is 1. The van der Waals surface area contributed by atoms with Gasteiger partial charge in [-0.1, -0.05) is 24.3 Å². The molecule has 4 nitrogen and oxygen atoms in total. The van der Waals surface area contributed by atoms with Crippen molar-refractivity contribution in [3.63, 3.8) is 0 Å². The summed E-state index contributed by atoms with van der Waals surface area (Å²) in [7, 11) is 0. The molecule has 2 rings (SSSR count). The molecule has 13 heavy (non-hydrogen) atoms. The molecule has 1 heterocycles. The molecule has 0 atom stereocenters. The van der Waals surface area contributed by atoms with Crippen LogP contribution in [-0.4, -0.2) is 4.98 Å². The zero-order chi connectivity index (χ0) is 9.10. The summed E-state index contributed by atoms with van der Waals surface area (Å²) in [4.78, 5) is 6.80. The monoisotopic (exact) mass is 170 g/mol. The minimum atomic E-state index is 0.420. The molecule has 4 heteroatoms. The second kappa shape index (κ2) is 3.13. The molecule has 0 aromatic carbocycles. The average Bonchev–Trinajstić information content (AvgIpc) is 2.37. The highest BCUT2D eigenvalue weighted by Crippen LogP contribution is 2.25. The third kappa shape index (κ3) is 1.43. The van der Waals surface area contributed by atoms with Crippen LogP contribution in [-0.2, 0) is 0 Å². The van der Waals surface area contributed by atoms with Crippen LogP contribution < -0.4 is 0 Å². The van der Waals surface area contributed by atoms with E-state index in [0.29, 0.717) is 5.82 Å². The lowest BCUT2D eigenvalue weighted by molar-refractivity contribution is 1.32. The normalized spacial score (nSPS) is 9.54. The lowest BCUT2D eigenvalue weighted by Gasteiger charge is -1.83. The Morgan fingerprint density at radius 3 is 2.92 bits per heavy atom. The summed E-state index contributed by atoms with van der Waals surface area (Å²) in [6.07, 6.45) is 0. The van der Waals surface area contributed by atoms with Crippen LogP contribution in [0.1, 0.15) is 0 Å². The van der Waals surface area contributed by atoms with Crippen molar-refractivity contribution in [3.05, 3.63) is 46.8 Å². The second-order valence-electron chi connectivity index (χ2n) is 2.56. The van der Waals surface area contributed by atoms with E-state index in [1.165, 1.54) is 0 Å². The standard InChI is InChI=1S/C9H6N4/c10-13-12-9-6-7-4-2-1-3-5-8(7)11-9/h1-6H. The smallest absolute Gasteiger partial charge is 0.128 e. The van der Waals surface area contributed by atoms with E-state index in [0.717, 1.165) is 11.3 Å². The van der Waals surface area contributed by atoms with Gasteiger partial charge in [-0.15, -0.1) is 0 Å². The summed E-state index contributed by atoms with van der Waals surface area (Å²) in [5, 5.41) is 3.43. The van der Waals surface area contributed by atoms with Crippen LogP contribution in [0.4, 0.5) is 5.82 Å². The van der Waals surface area contributed by atoms with Crippen LogP contribution >= 0.6 is 0 Å². The molecule has 1 aliphatic heterocycles. The number of rotatable bonds is 1. The van der Waals surface area contributed by atoms with E-state index in [9.17, 15) is 0 Å². The topological polar surface area (TPSA) is 61.7 Å². The van der Waals surface area contributed by atoms with E-state index in [1.54, 1.807) is 6.07 Å². The predicted molar refractivity (Wildman–Crippen MR) is 49.7 cm³/mol. The molecule has 0 bridgehead atoms. The van der Waals surface area contributed by atoms with Gasteiger partial charge < -0.3 is 0 Å². The molecule has 0 saturated heterocycles. The van der Waals surface area contributed by atoms with E-state index in [4.69, 9.17) is 5.53 Å². The lowest BCUT2D eigenvalue weighted by Crippen LogP contribution is -1.66. The fourth-order valence-corrected chi connectivity index (χ4v) is 1.17. The summed E-state index contributed by atoms with van der Waals surface area (Å²) >= 11 is 0. The zero-order valence-corrected chi connectivity index (χ0v) is 6.75. The predicted octanol–water partition coefficient (Wildman–Crippen LogP) is 3.13. The van der Waals surface area contributed by atoms with Crippen molar-refractivity contribution in [2.45, 2.75) is 0 Å². The van der Waals surface area contributed by atoms with Gasteiger partial charge in [-0.05, 0) is 22.8 Å². The first-order valence-electron chi connectivity index (χ1n) is 3.81. The SMILES string of the molecule is [N-]=[N+]=Nc1cc2cccccc-2n1. The molecule has 0 radical (unpaired) electrons. The molecule has 0 aromatic rings. The highest BCUT2D eigenvalue weighted by molar-refractivity contribution is 5.65. The van der Waals surface area contributed by atoms with Crippen LogP contribution in [0.5, 0.6) is 0 Å². The van der Waals surface area contributed by atoms with Crippen molar-refractivity contribution in [1.29, 1.82) is 0 Å². The molecule has 0 spiro atoms. The first kappa shape index (κ1) is 7.58. The highest BCUT2D eigenvalue weighted by atomic mass is 15.2. The fraction of sp³-hybridized carbons (Fsp3) is 0. The molecule has 62 valence electrons. The Balaban J connectivity index is 2.63. The Morgan fingerprint density at radius 1 is 1.23 bits per heavy atom. The van der Waals surface area contributed by atoms with Crippen LogP contribution in [0.2, 0.25) is 0 Å². The molecule has 0 amide bonds. The van der Waals surface area contributed by atoms with Crippen molar-refractivity contribution in [3.8, 4) is 11.3 Å². The van der Waals surface area contributed by atoms with Gasteiger partial charge in [0, 0.05) is 10.5 Å². The Morgan fingerprint density at radius 2 is 2.08 bits per heavy atom. The third-order valence-electron chi connectivity index (χ3n) is 1.71. The van der Waals surface area contributed by atoms with Gasteiger partial charge in [-0.3, -0.25) is 0 Å². The Labute approximate surface area is 74.8 Å². The fourth-order valence-electron chi connectivity index (χ4n) is 1.17. The van der Waals surface area contributed by atoms with Gasteiger partial charge in [-0.25, -0.2) is 4.98 Å². The number of hydrogen-bond acceptors (Lipinski definition) is 2. The van der Waals surface area contributed by atoms with Crippen LogP contribution in [0.3, 0.4) is 0 Å². The number of hydrogen-bond donors (Lipinski definition) is 0. The van der Waals surface area contributed by atoms with E-state index in [-0.39, 0.29) is 0 Å². The molecule has 0 N–H and O–H groups in total. The zero-order valence-electron chi connectivity index (χ0n) is 6.75. The van der Waals surface area contributed by atoms with Gasteiger partial charge in [0.1, 0.15) is 5.82 Å². The minimum absolute atomic E-state index is 0.420. The number of nitrogens with zero attached hydrogens (tertiary/aromatic N) is 4. The van der Waals surface area contributed by atoms with E-state index in [1.807, 2.05) is 30.3 Å². The molecular formula is C9H6N4. The summed E-state index contributed by atoms with van der Waals surface area (Å²) in [6.45, 7) is 0. The largest absolute Gasteiger partial charge is 0.246 e. The van der Waals surface area contributed by atoms with E-state index in [2.05, 4.69) is 15.0 Å². The second-order valence-corrected chi connectivity index (χ2v) is 2.56. The summed E-state index contributed by atoms with van der Waals surface area (Å²) < 4.78 is 0. The van der Waals surface area contributed by atoms with Gasteiger partial charge in [-0.2, -0.15) is 0 Å². The van der Waals surface area contributed by atoms with Gasteiger partial charge >= 0.3 is 0 Å². The van der Waals surface area contributed by atoms with Crippen molar-refractivity contribution < 1.29 is 0 Å². The van der Waals surface area contributed by atoms with E-state index >= 15 is 0 Å². The van der Waals surface area contributed by atoms with E-state index < -0.39 is 0 Å². The average molecular weight is 170 g/mol. The molecule has 1 aliphatic carbocycles. The first-order chi connectivity index (χ1) is 6.40. The van der Waals surface area contributed by atoms with Gasteiger partial charge in [0.2, 0.25) is 0 Å². The lowest BCUT2D eigenvalue weighted by atomic mass is 10.2. The number of fused-ring (bicyclic) bond motifs is 1. The Bertz CT molecular complexity index is 415. The molecule has 0 aromatic heterocycles. The highest BCUT2D eigenvalue weighted by Gasteiger charge is 2.03. The van der Waals surface area contributed by atoms with Crippen LogP contribution in [0.25, 0.3) is 21.7 Å². The Kier molecular flexibility index (Phi) is 1.82. The third-order valence-corrected chi connectivity index (χ3v) is 1.71. The van der Waals surface area contributed by atoms with Crippen molar-refractivity contribution in [1.82, 2.24) is 4.98 Å². The van der Waals surface area contributed by atoms with Crippen LogP contribution in [0, 0.1) is 0 Å².